The Kier molecular flexibility index (Phi) is 5.11. The normalized spacial score (nSPS) is 12.6. The highest BCUT2D eigenvalue weighted by Crippen LogP contribution is 2.07. The van der Waals surface area contributed by atoms with E-state index in [2.05, 4.69) is 10.4 Å². The summed E-state index contributed by atoms with van der Waals surface area (Å²) in [4.78, 5) is 10.9. The van der Waals surface area contributed by atoms with Crippen molar-refractivity contribution >= 4 is 5.97 Å². The number of hydrogen-bond acceptors (Lipinski definition) is 4. The van der Waals surface area contributed by atoms with Gasteiger partial charge in [0, 0.05) is 13.6 Å². The summed E-state index contributed by atoms with van der Waals surface area (Å²) in [5.74, 6) is -0.959. The van der Waals surface area contributed by atoms with Crippen molar-refractivity contribution in [2.24, 2.45) is 7.05 Å². The highest BCUT2D eigenvalue weighted by molar-refractivity contribution is 5.88. The molecular formula is C11H19N3O3. The molecule has 0 aromatic carbocycles. The van der Waals surface area contributed by atoms with E-state index in [1.54, 1.807) is 18.7 Å². The summed E-state index contributed by atoms with van der Waals surface area (Å²) in [5.41, 5.74) is 0.894. The first-order valence-corrected chi connectivity index (χ1v) is 5.65. The van der Waals surface area contributed by atoms with Gasteiger partial charge in [0.15, 0.2) is 0 Å². The third-order valence-electron chi connectivity index (χ3n) is 2.56. The second-order valence-corrected chi connectivity index (χ2v) is 4.10. The Morgan fingerprint density at radius 3 is 2.94 bits per heavy atom. The van der Waals surface area contributed by atoms with E-state index in [1.807, 2.05) is 0 Å². The van der Waals surface area contributed by atoms with Gasteiger partial charge in [-0.2, -0.15) is 5.10 Å². The molecule has 0 aliphatic rings. The fourth-order valence-corrected chi connectivity index (χ4v) is 1.58. The molecule has 0 saturated heterocycles. The summed E-state index contributed by atoms with van der Waals surface area (Å²) in [7, 11) is 1.72. The standard InChI is InChI=1S/C11H19N3O3/c1-8(15)4-3-5-12-7-10-9(11(16)17)6-13-14(10)2/h6,8,12,15H,3-5,7H2,1-2H3,(H,16,17). The first kappa shape index (κ1) is 13.7. The van der Waals surface area contributed by atoms with Crippen LogP contribution >= 0.6 is 0 Å². The van der Waals surface area contributed by atoms with Crippen LogP contribution in [-0.2, 0) is 13.6 Å². The second-order valence-electron chi connectivity index (χ2n) is 4.10. The van der Waals surface area contributed by atoms with E-state index in [9.17, 15) is 4.79 Å². The van der Waals surface area contributed by atoms with Crippen molar-refractivity contribution in [3.05, 3.63) is 17.5 Å². The van der Waals surface area contributed by atoms with Crippen molar-refractivity contribution in [3.8, 4) is 0 Å². The molecule has 1 rings (SSSR count). The monoisotopic (exact) mass is 241 g/mol. The van der Waals surface area contributed by atoms with Gasteiger partial charge in [-0.05, 0) is 26.3 Å². The number of aryl methyl sites for hydroxylation is 1. The van der Waals surface area contributed by atoms with Crippen molar-refractivity contribution in [2.75, 3.05) is 6.54 Å². The number of carbonyl (C=O) groups is 1. The number of aliphatic hydroxyl groups is 1. The third kappa shape index (κ3) is 4.16. The second kappa shape index (κ2) is 6.36. The molecule has 1 aromatic heterocycles. The summed E-state index contributed by atoms with van der Waals surface area (Å²) in [6, 6.07) is 0. The lowest BCUT2D eigenvalue weighted by Gasteiger charge is -2.07. The van der Waals surface area contributed by atoms with E-state index in [1.165, 1.54) is 6.20 Å². The lowest BCUT2D eigenvalue weighted by Crippen LogP contribution is -2.19. The molecule has 1 aromatic rings. The highest BCUT2D eigenvalue weighted by Gasteiger charge is 2.13. The topological polar surface area (TPSA) is 87.4 Å². The first-order chi connectivity index (χ1) is 8.02. The number of nitrogens with one attached hydrogen (secondary N) is 1. The van der Waals surface area contributed by atoms with E-state index in [4.69, 9.17) is 10.2 Å². The van der Waals surface area contributed by atoms with Crippen LogP contribution in [0, 0.1) is 0 Å². The van der Waals surface area contributed by atoms with E-state index in [-0.39, 0.29) is 11.7 Å². The summed E-state index contributed by atoms with van der Waals surface area (Å²) in [6.07, 6.45) is 2.67. The van der Waals surface area contributed by atoms with Crippen molar-refractivity contribution in [3.63, 3.8) is 0 Å². The van der Waals surface area contributed by atoms with Gasteiger partial charge < -0.3 is 15.5 Å². The van der Waals surface area contributed by atoms with Crippen LogP contribution in [0.1, 0.15) is 35.8 Å². The Labute approximate surface area is 100 Å². The van der Waals surface area contributed by atoms with Crippen LogP contribution in [0.25, 0.3) is 0 Å². The Bertz CT molecular complexity index is 374. The molecule has 17 heavy (non-hydrogen) atoms. The number of nitrogens with zero attached hydrogens (tertiary/aromatic N) is 2. The number of aromatic carboxylic acids is 1. The van der Waals surface area contributed by atoms with E-state index >= 15 is 0 Å². The molecule has 1 unspecified atom stereocenters. The Morgan fingerprint density at radius 2 is 2.35 bits per heavy atom. The summed E-state index contributed by atoms with van der Waals surface area (Å²) >= 11 is 0. The first-order valence-electron chi connectivity index (χ1n) is 5.65. The molecule has 1 heterocycles. The largest absolute Gasteiger partial charge is 0.478 e. The van der Waals surface area contributed by atoms with Crippen molar-refractivity contribution < 1.29 is 15.0 Å². The van der Waals surface area contributed by atoms with Crippen LogP contribution in [0.5, 0.6) is 0 Å². The maximum absolute atomic E-state index is 10.9. The summed E-state index contributed by atoms with van der Waals surface area (Å²) < 4.78 is 1.56. The molecule has 0 bridgehead atoms. The minimum absolute atomic E-state index is 0.232. The van der Waals surface area contributed by atoms with Gasteiger partial charge in [0.1, 0.15) is 5.56 Å². The number of rotatable bonds is 7. The number of carboxylic acids is 1. The molecular weight excluding hydrogens is 222 g/mol. The zero-order valence-corrected chi connectivity index (χ0v) is 10.2. The van der Waals surface area contributed by atoms with Crippen LogP contribution in [-0.4, -0.2) is 38.6 Å². The molecule has 0 radical (unpaired) electrons. The van der Waals surface area contributed by atoms with Gasteiger partial charge in [-0.15, -0.1) is 0 Å². The summed E-state index contributed by atoms with van der Waals surface area (Å²) in [6.45, 7) is 2.97. The van der Waals surface area contributed by atoms with Crippen LogP contribution in [0.15, 0.2) is 6.20 Å². The van der Waals surface area contributed by atoms with Crippen LogP contribution in [0.3, 0.4) is 0 Å². The van der Waals surface area contributed by atoms with E-state index < -0.39 is 5.97 Å². The predicted octanol–water partition coefficient (Wildman–Crippen LogP) is 0.369. The van der Waals surface area contributed by atoms with Gasteiger partial charge in [0.05, 0.1) is 18.0 Å². The van der Waals surface area contributed by atoms with Gasteiger partial charge in [0.2, 0.25) is 0 Å². The SMILES string of the molecule is CC(O)CCCNCc1c(C(=O)O)cnn1C. The van der Waals surface area contributed by atoms with Gasteiger partial charge in [-0.3, -0.25) is 4.68 Å². The van der Waals surface area contributed by atoms with E-state index in [0.717, 1.165) is 19.4 Å². The van der Waals surface area contributed by atoms with Crippen molar-refractivity contribution in [2.45, 2.75) is 32.4 Å². The van der Waals surface area contributed by atoms with Gasteiger partial charge in [-0.1, -0.05) is 0 Å². The fraction of sp³-hybridized carbons (Fsp3) is 0.636. The van der Waals surface area contributed by atoms with Crippen LogP contribution in [0.2, 0.25) is 0 Å². The Morgan fingerprint density at radius 1 is 1.65 bits per heavy atom. The Balaban J connectivity index is 2.41. The average molecular weight is 241 g/mol. The molecule has 0 aliphatic carbocycles. The molecule has 0 saturated carbocycles. The Hall–Kier alpha value is -1.40. The maximum atomic E-state index is 10.9. The molecule has 96 valence electrons. The molecule has 0 aliphatic heterocycles. The molecule has 0 fully saturated rings. The van der Waals surface area contributed by atoms with E-state index in [0.29, 0.717) is 12.2 Å². The smallest absolute Gasteiger partial charge is 0.339 e. The summed E-state index contributed by atoms with van der Waals surface area (Å²) in [5, 5.41) is 25.1. The average Bonchev–Trinajstić information content (AvgIpc) is 2.59. The number of aromatic nitrogens is 2. The van der Waals surface area contributed by atoms with Gasteiger partial charge >= 0.3 is 5.97 Å². The van der Waals surface area contributed by atoms with Crippen LogP contribution < -0.4 is 5.32 Å². The number of carboxylic acid groups (broad SMARTS) is 1. The highest BCUT2D eigenvalue weighted by atomic mass is 16.4. The maximum Gasteiger partial charge on any atom is 0.339 e. The minimum atomic E-state index is -0.959. The van der Waals surface area contributed by atoms with Crippen molar-refractivity contribution in [1.82, 2.24) is 15.1 Å². The molecule has 3 N–H and O–H groups in total. The third-order valence-corrected chi connectivity index (χ3v) is 2.56. The number of hydrogen-bond donors (Lipinski definition) is 3. The van der Waals surface area contributed by atoms with Crippen molar-refractivity contribution in [1.29, 1.82) is 0 Å². The fourth-order valence-electron chi connectivity index (χ4n) is 1.58. The molecule has 1 atom stereocenters. The van der Waals surface area contributed by atoms with Gasteiger partial charge in [0.25, 0.3) is 0 Å². The zero-order valence-electron chi connectivity index (χ0n) is 10.2. The predicted molar refractivity (Wildman–Crippen MR) is 62.8 cm³/mol. The number of aliphatic hydroxyl groups excluding tert-OH is 1. The van der Waals surface area contributed by atoms with Crippen LogP contribution in [0.4, 0.5) is 0 Å². The molecule has 0 spiro atoms. The zero-order chi connectivity index (χ0) is 12.8. The van der Waals surface area contributed by atoms with Gasteiger partial charge in [-0.25, -0.2) is 4.79 Å². The quantitative estimate of drug-likeness (QED) is 0.600. The lowest BCUT2D eigenvalue weighted by molar-refractivity contribution is 0.0695. The molecule has 0 amide bonds. The minimum Gasteiger partial charge on any atom is -0.478 e. The molecule has 6 heteroatoms. The molecule has 6 nitrogen and oxygen atoms in total. The lowest BCUT2D eigenvalue weighted by atomic mass is 10.2.